The second-order valence-electron chi connectivity index (χ2n) is 10.4. The number of carbonyl (C=O) groups excluding carboxylic acids is 3. The van der Waals surface area contributed by atoms with Gasteiger partial charge in [-0.15, -0.1) is 0 Å². The van der Waals surface area contributed by atoms with Crippen molar-refractivity contribution in [3.8, 4) is 0 Å². The summed E-state index contributed by atoms with van der Waals surface area (Å²) in [5.74, 6) is -3.02. The van der Waals surface area contributed by atoms with Crippen LogP contribution in [0.15, 0.2) is 59.0 Å². The third kappa shape index (κ3) is 4.07. The SMILES string of the molecule is CN(C)CCN1C(=O)C(=O)C(=C(O)c2cccc(S(=O)(=O)N3CCCCC3)c2)C12C(=O)N(C)c1ccccc12. The van der Waals surface area contributed by atoms with Crippen molar-refractivity contribution in [3.63, 3.8) is 0 Å². The lowest BCUT2D eigenvalue weighted by molar-refractivity contribution is -0.143. The molecule has 0 radical (unpaired) electrons. The zero-order valence-electron chi connectivity index (χ0n) is 22.3. The number of aliphatic hydroxyl groups is 1. The number of rotatable bonds is 6. The number of ketones is 1. The van der Waals surface area contributed by atoms with E-state index in [9.17, 15) is 27.9 Å². The average molecular weight is 553 g/mol. The molecule has 1 N–H and O–H groups in total. The summed E-state index contributed by atoms with van der Waals surface area (Å²) in [5, 5.41) is 11.6. The number of nitrogens with zero attached hydrogens (tertiary/aromatic N) is 4. The van der Waals surface area contributed by atoms with E-state index in [2.05, 4.69) is 0 Å². The molecule has 2 amide bonds. The number of benzene rings is 2. The number of hydrogen-bond donors (Lipinski definition) is 1. The number of piperidine rings is 1. The Balaban J connectivity index is 1.71. The molecular formula is C28H32N4O6S. The number of Topliss-reactive ketones (excluding diaryl/α,β-unsaturated/α-hetero) is 1. The first kappa shape index (κ1) is 27.0. The first-order valence-electron chi connectivity index (χ1n) is 13.0. The van der Waals surface area contributed by atoms with Crippen LogP contribution >= 0.6 is 0 Å². The molecule has 0 saturated carbocycles. The minimum atomic E-state index is -3.83. The van der Waals surface area contributed by atoms with Crippen LogP contribution in [0.2, 0.25) is 0 Å². The molecule has 3 aliphatic heterocycles. The lowest BCUT2D eigenvalue weighted by atomic mass is 9.82. The van der Waals surface area contributed by atoms with Gasteiger partial charge in [-0.05, 0) is 45.1 Å². The van der Waals surface area contributed by atoms with Crippen molar-refractivity contribution in [2.75, 3.05) is 52.2 Å². The summed E-state index contributed by atoms with van der Waals surface area (Å²) in [6.45, 7) is 1.26. The van der Waals surface area contributed by atoms with Gasteiger partial charge in [0.15, 0.2) is 5.54 Å². The zero-order valence-corrected chi connectivity index (χ0v) is 23.1. The Labute approximate surface area is 228 Å². The summed E-state index contributed by atoms with van der Waals surface area (Å²) in [6.07, 6.45) is 2.50. The lowest BCUT2D eigenvalue weighted by Crippen LogP contribution is -2.52. The molecule has 3 aliphatic rings. The molecule has 1 spiro atoms. The van der Waals surface area contributed by atoms with Crippen molar-refractivity contribution in [3.05, 3.63) is 65.2 Å². The Bertz CT molecular complexity index is 1490. The number of aliphatic hydroxyl groups excluding tert-OH is 1. The molecular weight excluding hydrogens is 520 g/mol. The highest BCUT2D eigenvalue weighted by Gasteiger charge is 2.66. The number of sulfonamides is 1. The van der Waals surface area contributed by atoms with Crippen LogP contribution in [0.5, 0.6) is 0 Å². The summed E-state index contributed by atoms with van der Waals surface area (Å²) >= 11 is 0. The van der Waals surface area contributed by atoms with Crippen LogP contribution in [0.1, 0.15) is 30.4 Å². The van der Waals surface area contributed by atoms with E-state index >= 15 is 0 Å². The molecule has 5 rings (SSSR count). The van der Waals surface area contributed by atoms with Gasteiger partial charge in [0.1, 0.15) is 5.76 Å². The van der Waals surface area contributed by atoms with Gasteiger partial charge in [0, 0.05) is 50.0 Å². The number of likely N-dealkylation sites (N-methyl/N-ethyl adjacent to an activating group) is 2. The molecule has 3 heterocycles. The monoisotopic (exact) mass is 552 g/mol. The van der Waals surface area contributed by atoms with Crippen molar-refractivity contribution in [2.24, 2.45) is 0 Å². The Hall–Kier alpha value is -3.54. The largest absolute Gasteiger partial charge is 0.507 e. The molecule has 1 atom stereocenters. The summed E-state index contributed by atoms with van der Waals surface area (Å²) in [7, 11) is 1.36. The second-order valence-corrected chi connectivity index (χ2v) is 12.3. The van der Waals surface area contributed by atoms with E-state index in [4.69, 9.17) is 0 Å². The van der Waals surface area contributed by atoms with E-state index in [-0.39, 0.29) is 22.6 Å². The van der Waals surface area contributed by atoms with Crippen LogP contribution in [0.4, 0.5) is 5.69 Å². The lowest BCUT2D eigenvalue weighted by Gasteiger charge is -2.34. The van der Waals surface area contributed by atoms with Gasteiger partial charge < -0.3 is 19.8 Å². The predicted molar refractivity (Wildman–Crippen MR) is 145 cm³/mol. The van der Waals surface area contributed by atoms with E-state index in [1.54, 1.807) is 31.3 Å². The van der Waals surface area contributed by atoms with Crippen molar-refractivity contribution in [1.82, 2.24) is 14.1 Å². The summed E-state index contributed by atoms with van der Waals surface area (Å²) in [5.41, 5.74) is -1.26. The van der Waals surface area contributed by atoms with E-state index in [0.29, 0.717) is 30.9 Å². The van der Waals surface area contributed by atoms with E-state index in [0.717, 1.165) is 19.3 Å². The number of hydrogen-bond acceptors (Lipinski definition) is 7. The fraction of sp³-hybridized carbons (Fsp3) is 0.393. The van der Waals surface area contributed by atoms with Crippen LogP contribution in [0, 0.1) is 0 Å². The Morgan fingerprint density at radius 1 is 1.00 bits per heavy atom. The fourth-order valence-corrected chi connectivity index (χ4v) is 7.34. The molecule has 2 saturated heterocycles. The highest BCUT2D eigenvalue weighted by atomic mass is 32.2. The zero-order chi connectivity index (χ0) is 28.1. The van der Waals surface area contributed by atoms with Gasteiger partial charge >= 0.3 is 0 Å². The van der Waals surface area contributed by atoms with Crippen LogP contribution in [0.3, 0.4) is 0 Å². The van der Waals surface area contributed by atoms with Gasteiger partial charge in [-0.2, -0.15) is 4.31 Å². The first-order chi connectivity index (χ1) is 18.5. The van der Waals surface area contributed by atoms with Crippen molar-refractivity contribution in [2.45, 2.75) is 29.7 Å². The smallest absolute Gasteiger partial charge is 0.296 e. The molecule has 0 aromatic heterocycles. The highest BCUT2D eigenvalue weighted by Crippen LogP contribution is 2.53. The minimum absolute atomic E-state index is 0.0281. The van der Waals surface area contributed by atoms with Crippen LogP contribution in [0.25, 0.3) is 5.76 Å². The maximum atomic E-state index is 14.0. The third-order valence-electron chi connectivity index (χ3n) is 7.77. The first-order valence-corrected chi connectivity index (χ1v) is 14.4. The van der Waals surface area contributed by atoms with Crippen molar-refractivity contribution < 1.29 is 27.9 Å². The Kier molecular flexibility index (Phi) is 6.86. The molecule has 11 heteroatoms. The third-order valence-corrected chi connectivity index (χ3v) is 9.67. The van der Waals surface area contributed by atoms with Crippen molar-refractivity contribution in [1.29, 1.82) is 0 Å². The number of fused-ring (bicyclic) bond motifs is 2. The molecule has 2 aromatic carbocycles. The number of carbonyl (C=O) groups is 3. The molecule has 206 valence electrons. The maximum absolute atomic E-state index is 14.0. The molecule has 0 aliphatic carbocycles. The number of para-hydroxylation sites is 1. The molecule has 10 nitrogen and oxygen atoms in total. The van der Waals surface area contributed by atoms with Gasteiger partial charge in [0.25, 0.3) is 17.6 Å². The molecule has 2 aromatic rings. The summed E-state index contributed by atoms with van der Waals surface area (Å²) in [4.78, 5) is 45.5. The van der Waals surface area contributed by atoms with E-state index in [1.807, 2.05) is 19.0 Å². The van der Waals surface area contributed by atoms with E-state index < -0.39 is 38.9 Å². The topological polar surface area (TPSA) is 119 Å². The molecule has 39 heavy (non-hydrogen) atoms. The average Bonchev–Trinajstić information content (AvgIpc) is 3.30. The van der Waals surface area contributed by atoms with Crippen LogP contribution in [-0.4, -0.2) is 92.5 Å². The molecule has 0 bridgehead atoms. The summed E-state index contributed by atoms with van der Waals surface area (Å²) in [6, 6.07) is 12.6. The highest BCUT2D eigenvalue weighted by molar-refractivity contribution is 7.89. The second kappa shape index (κ2) is 9.89. The van der Waals surface area contributed by atoms with Crippen LogP contribution in [-0.2, 0) is 29.9 Å². The van der Waals surface area contributed by atoms with Gasteiger partial charge in [0.05, 0.1) is 10.5 Å². The van der Waals surface area contributed by atoms with Gasteiger partial charge in [-0.25, -0.2) is 8.42 Å². The van der Waals surface area contributed by atoms with Gasteiger partial charge in [-0.3, -0.25) is 14.4 Å². The number of amides is 2. The number of likely N-dealkylation sites (tertiary alicyclic amines) is 1. The maximum Gasteiger partial charge on any atom is 0.296 e. The van der Waals surface area contributed by atoms with Gasteiger partial charge in [0.2, 0.25) is 10.0 Å². The fourth-order valence-electron chi connectivity index (χ4n) is 5.77. The summed E-state index contributed by atoms with van der Waals surface area (Å²) < 4.78 is 28.1. The van der Waals surface area contributed by atoms with Crippen molar-refractivity contribution >= 4 is 39.1 Å². The molecule has 1 unspecified atom stereocenters. The Morgan fingerprint density at radius 3 is 2.38 bits per heavy atom. The Morgan fingerprint density at radius 2 is 1.69 bits per heavy atom. The van der Waals surface area contributed by atoms with Crippen LogP contribution < -0.4 is 4.90 Å². The quantitative estimate of drug-likeness (QED) is 0.331. The van der Waals surface area contributed by atoms with Gasteiger partial charge in [-0.1, -0.05) is 36.8 Å². The normalized spacial score (nSPS) is 23.3. The van der Waals surface area contributed by atoms with E-state index in [1.165, 1.54) is 38.4 Å². The standard InChI is InChI=1S/C28H32N4O6S/c1-29(2)16-17-32-26(35)25(34)23(28(32)21-12-5-6-13-22(21)30(3)27(28)36)24(33)19-10-9-11-20(18-19)39(37,38)31-14-7-4-8-15-31/h5-6,9-13,18,33H,4,7-8,14-17H2,1-3H3. The minimum Gasteiger partial charge on any atom is -0.507 e. The number of anilines is 1. The molecule has 2 fully saturated rings. The predicted octanol–water partition coefficient (Wildman–Crippen LogP) is 1.98.